The summed E-state index contributed by atoms with van der Waals surface area (Å²) in [7, 11) is 3.46. The summed E-state index contributed by atoms with van der Waals surface area (Å²) in [4.78, 5) is 10.4. The fraction of sp³-hybridized carbons (Fsp3) is 0.357. The molecule has 0 amide bonds. The smallest absolute Gasteiger partial charge is 0.270 e. The number of nitro benzene ring substituents is 1. The molecule has 2 rings (SSSR count). The van der Waals surface area contributed by atoms with Crippen LogP contribution in [-0.2, 0) is 20.0 Å². The van der Waals surface area contributed by atoms with Crippen LogP contribution in [0.1, 0.15) is 11.3 Å². The van der Waals surface area contributed by atoms with Crippen molar-refractivity contribution >= 4 is 5.69 Å². The first-order chi connectivity index (χ1) is 10.1. The first-order valence-corrected chi connectivity index (χ1v) is 6.60. The molecule has 0 aliphatic rings. The molecule has 0 atom stereocenters. The van der Waals surface area contributed by atoms with Gasteiger partial charge in [0.25, 0.3) is 5.69 Å². The maximum atomic E-state index is 10.8. The zero-order valence-corrected chi connectivity index (χ0v) is 12.1. The third-order valence-electron chi connectivity index (χ3n) is 3.27. The molecule has 112 valence electrons. The van der Waals surface area contributed by atoms with Gasteiger partial charge in [-0.25, -0.2) is 0 Å². The number of aromatic nitrogens is 2. The summed E-state index contributed by atoms with van der Waals surface area (Å²) in [5.41, 5.74) is 1.98. The van der Waals surface area contributed by atoms with Crippen molar-refractivity contribution in [3.8, 4) is 5.75 Å². The summed E-state index contributed by atoms with van der Waals surface area (Å²) in [6.07, 6.45) is 2.60. The molecule has 1 aromatic carbocycles. The van der Waals surface area contributed by atoms with E-state index in [0.29, 0.717) is 12.3 Å². The van der Waals surface area contributed by atoms with Crippen LogP contribution < -0.4 is 10.1 Å². The Morgan fingerprint density at radius 3 is 2.86 bits per heavy atom. The van der Waals surface area contributed by atoms with Gasteiger partial charge in [0.1, 0.15) is 5.75 Å². The number of aryl methyl sites for hydroxylation is 1. The van der Waals surface area contributed by atoms with Crippen molar-refractivity contribution in [2.45, 2.75) is 13.0 Å². The van der Waals surface area contributed by atoms with Crippen LogP contribution in [0.15, 0.2) is 30.5 Å². The zero-order valence-electron chi connectivity index (χ0n) is 12.1. The molecule has 1 aromatic heterocycles. The number of nitro groups is 1. The lowest BCUT2D eigenvalue weighted by atomic mass is 10.1. The van der Waals surface area contributed by atoms with Crippen molar-refractivity contribution in [3.63, 3.8) is 0 Å². The fourth-order valence-electron chi connectivity index (χ4n) is 2.10. The fourth-order valence-corrected chi connectivity index (χ4v) is 2.10. The quantitative estimate of drug-likeness (QED) is 0.476. The van der Waals surface area contributed by atoms with Crippen LogP contribution in [-0.4, -0.2) is 28.4 Å². The molecule has 0 unspecified atom stereocenters. The Balaban J connectivity index is 1.94. The van der Waals surface area contributed by atoms with Crippen molar-refractivity contribution in [3.05, 3.63) is 51.8 Å². The van der Waals surface area contributed by atoms with Gasteiger partial charge in [0.15, 0.2) is 0 Å². The van der Waals surface area contributed by atoms with Gasteiger partial charge in [0, 0.05) is 56.1 Å². The highest BCUT2D eigenvalue weighted by Crippen LogP contribution is 2.23. The Bertz CT molecular complexity index is 624. The van der Waals surface area contributed by atoms with Crippen LogP contribution in [0.2, 0.25) is 0 Å². The molecule has 21 heavy (non-hydrogen) atoms. The molecule has 1 N–H and O–H groups in total. The third-order valence-corrected chi connectivity index (χ3v) is 3.27. The Labute approximate surface area is 122 Å². The minimum atomic E-state index is -0.404. The van der Waals surface area contributed by atoms with Gasteiger partial charge in [-0.15, -0.1) is 0 Å². The largest absolute Gasteiger partial charge is 0.496 e. The molecule has 7 nitrogen and oxygen atoms in total. The molecule has 2 aromatic rings. The first-order valence-electron chi connectivity index (χ1n) is 6.60. The van der Waals surface area contributed by atoms with E-state index in [1.54, 1.807) is 19.4 Å². The second-order valence-corrected chi connectivity index (χ2v) is 4.63. The predicted octanol–water partition coefficient (Wildman–Crippen LogP) is 1.67. The summed E-state index contributed by atoms with van der Waals surface area (Å²) >= 11 is 0. The van der Waals surface area contributed by atoms with E-state index < -0.39 is 4.92 Å². The number of hydrogen-bond donors (Lipinski definition) is 1. The number of nitrogens with zero attached hydrogens (tertiary/aromatic N) is 3. The molecule has 0 spiro atoms. The maximum Gasteiger partial charge on any atom is 0.270 e. The second-order valence-electron chi connectivity index (χ2n) is 4.63. The third kappa shape index (κ3) is 3.79. The average Bonchev–Trinajstić information content (AvgIpc) is 2.88. The van der Waals surface area contributed by atoms with E-state index in [-0.39, 0.29) is 5.69 Å². The van der Waals surface area contributed by atoms with E-state index in [9.17, 15) is 10.1 Å². The summed E-state index contributed by atoms with van der Waals surface area (Å²) in [5, 5.41) is 18.2. The van der Waals surface area contributed by atoms with E-state index >= 15 is 0 Å². The van der Waals surface area contributed by atoms with Crippen LogP contribution in [0.25, 0.3) is 0 Å². The first kappa shape index (κ1) is 15.0. The number of rotatable bonds is 7. The monoisotopic (exact) mass is 290 g/mol. The van der Waals surface area contributed by atoms with E-state index in [2.05, 4.69) is 10.4 Å². The van der Waals surface area contributed by atoms with Crippen molar-refractivity contribution < 1.29 is 9.66 Å². The summed E-state index contributed by atoms with van der Waals surface area (Å²) in [6, 6.07) is 6.57. The second kappa shape index (κ2) is 6.85. The highest BCUT2D eigenvalue weighted by molar-refractivity contribution is 5.43. The molecular weight excluding hydrogens is 272 g/mol. The molecule has 0 bridgehead atoms. The molecule has 0 saturated carbocycles. The van der Waals surface area contributed by atoms with Gasteiger partial charge in [-0.3, -0.25) is 14.8 Å². The standard InChI is InChI=1S/C14H18N4O3/c1-17-12(6-8-16-17)5-7-15-10-11-9-13(18(19)20)3-4-14(11)21-2/h3-4,6,8-9,15H,5,7,10H2,1-2H3. The highest BCUT2D eigenvalue weighted by atomic mass is 16.6. The zero-order chi connectivity index (χ0) is 15.2. The summed E-state index contributed by atoms with van der Waals surface area (Å²) < 4.78 is 7.05. The lowest BCUT2D eigenvalue weighted by molar-refractivity contribution is -0.384. The van der Waals surface area contributed by atoms with Crippen LogP contribution in [0.4, 0.5) is 5.69 Å². The number of non-ortho nitro benzene ring substituents is 1. The van der Waals surface area contributed by atoms with E-state index in [1.807, 2.05) is 17.8 Å². The molecule has 0 saturated heterocycles. The topological polar surface area (TPSA) is 82.2 Å². The number of hydrogen-bond acceptors (Lipinski definition) is 5. The van der Waals surface area contributed by atoms with Crippen molar-refractivity contribution in [1.82, 2.24) is 15.1 Å². The average molecular weight is 290 g/mol. The molecule has 0 aliphatic carbocycles. The Morgan fingerprint density at radius 1 is 1.43 bits per heavy atom. The Kier molecular flexibility index (Phi) is 4.89. The van der Waals surface area contributed by atoms with Crippen LogP contribution >= 0.6 is 0 Å². The van der Waals surface area contributed by atoms with Crippen LogP contribution in [0.5, 0.6) is 5.75 Å². The van der Waals surface area contributed by atoms with Crippen molar-refractivity contribution in [2.24, 2.45) is 7.05 Å². The molecule has 1 heterocycles. The SMILES string of the molecule is COc1ccc([N+](=O)[O-])cc1CNCCc1ccnn1C. The highest BCUT2D eigenvalue weighted by Gasteiger charge is 2.11. The van der Waals surface area contributed by atoms with Crippen LogP contribution in [0.3, 0.4) is 0 Å². The number of ether oxygens (including phenoxy) is 1. The minimum absolute atomic E-state index is 0.0687. The lowest BCUT2D eigenvalue weighted by Gasteiger charge is -2.09. The number of methoxy groups -OCH3 is 1. The summed E-state index contributed by atoms with van der Waals surface area (Å²) in [6.45, 7) is 1.27. The predicted molar refractivity (Wildman–Crippen MR) is 78.3 cm³/mol. The molecule has 0 fully saturated rings. The lowest BCUT2D eigenvalue weighted by Crippen LogP contribution is -2.18. The van der Waals surface area contributed by atoms with Crippen molar-refractivity contribution in [1.29, 1.82) is 0 Å². The Hall–Kier alpha value is -2.41. The van der Waals surface area contributed by atoms with Gasteiger partial charge in [-0.2, -0.15) is 5.10 Å². The van der Waals surface area contributed by atoms with Gasteiger partial charge in [0.2, 0.25) is 0 Å². The maximum absolute atomic E-state index is 10.8. The molecule has 0 aliphatic heterocycles. The van der Waals surface area contributed by atoms with Gasteiger partial charge >= 0.3 is 0 Å². The molecule has 7 heteroatoms. The van der Waals surface area contributed by atoms with Gasteiger partial charge in [-0.1, -0.05) is 0 Å². The Morgan fingerprint density at radius 2 is 2.24 bits per heavy atom. The van der Waals surface area contributed by atoms with Gasteiger partial charge < -0.3 is 10.1 Å². The normalized spacial score (nSPS) is 10.6. The van der Waals surface area contributed by atoms with Gasteiger partial charge in [0.05, 0.1) is 12.0 Å². The number of nitrogens with one attached hydrogen (secondary N) is 1. The van der Waals surface area contributed by atoms with E-state index in [4.69, 9.17) is 4.74 Å². The van der Waals surface area contributed by atoms with E-state index in [1.165, 1.54) is 12.1 Å². The number of benzene rings is 1. The molecular formula is C14H18N4O3. The minimum Gasteiger partial charge on any atom is -0.496 e. The van der Waals surface area contributed by atoms with Crippen molar-refractivity contribution in [2.75, 3.05) is 13.7 Å². The van der Waals surface area contributed by atoms with Gasteiger partial charge in [-0.05, 0) is 12.1 Å². The molecule has 0 radical (unpaired) electrons. The van der Waals surface area contributed by atoms with E-state index in [0.717, 1.165) is 24.2 Å². The summed E-state index contributed by atoms with van der Waals surface area (Å²) in [5.74, 6) is 0.647. The van der Waals surface area contributed by atoms with Crippen LogP contribution in [0, 0.1) is 10.1 Å².